The summed E-state index contributed by atoms with van der Waals surface area (Å²) in [4.78, 5) is 12.9. The molecule has 4 heteroatoms. The van der Waals surface area contributed by atoms with E-state index in [1.165, 1.54) is 0 Å². The second-order valence-electron chi connectivity index (χ2n) is 5.70. The first-order chi connectivity index (χ1) is 8.78. The van der Waals surface area contributed by atoms with Crippen molar-refractivity contribution in [2.45, 2.75) is 32.9 Å². The van der Waals surface area contributed by atoms with Gasteiger partial charge in [0.25, 0.3) is 0 Å². The van der Waals surface area contributed by atoms with Gasteiger partial charge in [-0.05, 0) is 45.5 Å². The molecule has 0 unspecified atom stereocenters. The van der Waals surface area contributed by atoms with Crippen LogP contribution in [0, 0.1) is 0 Å². The molecule has 1 N–H and O–H groups in total. The summed E-state index contributed by atoms with van der Waals surface area (Å²) in [6.45, 7) is 8.44. The summed E-state index contributed by atoms with van der Waals surface area (Å²) in [5.41, 5.74) is 1.31. The summed E-state index contributed by atoms with van der Waals surface area (Å²) in [5, 5.41) is 8.82. The molecule has 0 saturated carbocycles. The molecule has 0 amide bonds. The third kappa shape index (κ3) is 6.36. The molecule has 0 aliphatic rings. The molecule has 1 aromatic rings. The molecule has 0 saturated heterocycles. The number of aromatic carboxylic acids is 1. The van der Waals surface area contributed by atoms with E-state index in [1.807, 2.05) is 40.0 Å². The Labute approximate surface area is 115 Å². The Bertz CT molecular complexity index is 406. The van der Waals surface area contributed by atoms with Gasteiger partial charge in [-0.3, -0.25) is 4.90 Å². The van der Waals surface area contributed by atoms with E-state index in [1.54, 1.807) is 12.1 Å². The Kier molecular flexibility index (Phi) is 5.51. The number of carboxylic acids is 1. The van der Waals surface area contributed by atoms with Gasteiger partial charge in [0, 0.05) is 13.1 Å². The summed E-state index contributed by atoms with van der Waals surface area (Å²) in [7, 11) is 2.02. The van der Waals surface area contributed by atoms with Gasteiger partial charge in [-0.25, -0.2) is 4.79 Å². The first-order valence-corrected chi connectivity index (χ1v) is 6.43. The molecule has 0 fully saturated rings. The minimum atomic E-state index is -0.890. The van der Waals surface area contributed by atoms with Gasteiger partial charge in [0.05, 0.1) is 17.8 Å². The third-order valence-corrected chi connectivity index (χ3v) is 2.66. The van der Waals surface area contributed by atoms with Crippen molar-refractivity contribution in [3.8, 4) is 0 Å². The molecule has 1 aromatic carbocycles. The van der Waals surface area contributed by atoms with Crippen molar-refractivity contribution in [2.75, 3.05) is 20.2 Å². The molecular weight excluding hydrogens is 242 g/mol. The van der Waals surface area contributed by atoms with E-state index in [0.29, 0.717) is 12.2 Å². The second kappa shape index (κ2) is 6.68. The zero-order valence-electron chi connectivity index (χ0n) is 12.1. The topological polar surface area (TPSA) is 49.8 Å². The monoisotopic (exact) mass is 265 g/mol. The van der Waals surface area contributed by atoms with Crippen molar-refractivity contribution in [2.24, 2.45) is 0 Å². The average Bonchev–Trinajstić information content (AvgIpc) is 2.27. The Balaban J connectivity index is 2.40. The van der Waals surface area contributed by atoms with E-state index in [9.17, 15) is 4.79 Å². The van der Waals surface area contributed by atoms with Gasteiger partial charge < -0.3 is 9.84 Å². The van der Waals surface area contributed by atoms with E-state index in [0.717, 1.165) is 18.7 Å². The first-order valence-electron chi connectivity index (χ1n) is 6.43. The fourth-order valence-corrected chi connectivity index (χ4v) is 1.65. The van der Waals surface area contributed by atoms with Gasteiger partial charge >= 0.3 is 5.97 Å². The lowest BCUT2D eigenvalue weighted by molar-refractivity contribution is -0.0113. The minimum Gasteiger partial charge on any atom is -0.478 e. The lowest BCUT2D eigenvalue weighted by atomic mass is 10.1. The lowest BCUT2D eigenvalue weighted by Crippen LogP contribution is -2.28. The molecule has 0 heterocycles. The van der Waals surface area contributed by atoms with Crippen LogP contribution in [0.15, 0.2) is 24.3 Å². The number of benzene rings is 1. The van der Waals surface area contributed by atoms with E-state index in [4.69, 9.17) is 9.84 Å². The minimum absolute atomic E-state index is 0.107. The highest BCUT2D eigenvalue weighted by Crippen LogP contribution is 2.08. The summed E-state index contributed by atoms with van der Waals surface area (Å²) < 4.78 is 5.67. The molecule has 4 nitrogen and oxygen atoms in total. The number of carboxylic acid groups (broad SMARTS) is 1. The van der Waals surface area contributed by atoms with E-state index in [2.05, 4.69) is 4.90 Å². The van der Waals surface area contributed by atoms with Crippen molar-refractivity contribution < 1.29 is 14.6 Å². The molecule has 1 rings (SSSR count). The normalized spacial score (nSPS) is 11.8. The number of rotatable bonds is 6. The number of nitrogens with zero attached hydrogens (tertiary/aromatic N) is 1. The quantitative estimate of drug-likeness (QED) is 0.859. The average molecular weight is 265 g/mol. The Morgan fingerprint density at radius 1 is 1.26 bits per heavy atom. The SMILES string of the molecule is CN(CCOC(C)(C)C)Cc1ccc(C(=O)O)cc1. The van der Waals surface area contributed by atoms with Crippen LogP contribution in [-0.2, 0) is 11.3 Å². The van der Waals surface area contributed by atoms with Crippen LogP contribution in [0.1, 0.15) is 36.7 Å². The van der Waals surface area contributed by atoms with Crippen molar-refractivity contribution in [1.29, 1.82) is 0 Å². The van der Waals surface area contributed by atoms with Gasteiger partial charge in [-0.1, -0.05) is 12.1 Å². The van der Waals surface area contributed by atoms with Crippen LogP contribution in [0.25, 0.3) is 0 Å². The van der Waals surface area contributed by atoms with E-state index >= 15 is 0 Å². The molecule has 0 radical (unpaired) electrons. The largest absolute Gasteiger partial charge is 0.478 e. The summed E-state index contributed by atoms with van der Waals surface area (Å²) >= 11 is 0. The summed E-state index contributed by atoms with van der Waals surface area (Å²) in [6, 6.07) is 6.98. The molecule has 0 aliphatic heterocycles. The molecule has 0 spiro atoms. The molecule has 0 atom stereocenters. The fraction of sp³-hybridized carbons (Fsp3) is 0.533. The van der Waals surface area contributed by atoms with Crippen LogP contribution in [0.4, 0.5) is 0 Å². The molecule has 0 bridgehead atoms. The maximum atomic E-state index is 10.7. The number of carbonyl (C=O) groups is 1. The summed E-state index contributed by atoms with van der Waals surface area (Å²) in [5.74, 6) is -0.890. The molecule has 106 valence electrons. The van der Waals surface area contributed by atoms with Crippen LogP contribution in [0.5, 0.6) is 0 Å². The van der Waals surface area contributed by atoms with Crippen molar-refractivity contribution in [3.63, 3.8) is 0 Å². The van der Waals surface area contributed by atoms with Crippen LogP contribution < -0.4 is 0 Å². The van der Waals surface area contributed by atoms with Crippen molar-refractivity contribution in [1.82, 2.24) is 4.90 Å². The second-order valence-corrected chi connectivity index (χ2v) is 5.70. The maximum absolute atomic E-state index is 10.7. The molecule has 0 aromatic heterocycles. The number of hydrogen-bond donors (Lipinski definition) is 1. The van der Waals surface area contributed by atoms with Crippen LogP contribution in [-0.4, -0.2) is 41.8 Å². The fourth-order valence-electron chi connectivity index (χ4n) is 1.65. The number of ether oxygens (including phenoxy) is 1. The van der Waals surface area contributed by atoms with E-state index < -0.39 is 5.97 Å². The third-order valence-electron chi connectivity index (χ3n) is 2.66. The van der Waals surface area contributed by atoms with Crippen LogP contribution >= 0.6 is 0 Å². The standard InChI is InChI=1S/C15H23NO3/c1-15(2,3)19-10-9-16(4)11-12-5-7-13(8-6-12)14(17)18/h5-8H,9-11H2,1-4H3,(H,17,18). The van der Waals surface area contributed by atoms with Gasteiger partial charge in [0.15, 0.2) is 0 Å². The molecule has 0 aliphatic carbocycles. The number of likely N-dealkylation sites (N-methyl/N-ethyl adjacent to an activating group) is 1. The zero-order chi connectivity index (χ0) is 14.5. The van der Waals surface area contributed by atoms with E-state index in [-0.39, 0.29) is 5.60 Å². The Morgan fingerprint density at radius 3 is 2.32 bits per heavy atom. The molecular formula is C15H23NO3. The maximum Gasteiger partial charge on any atom is 0.335 e. The Hall–Kier alpha value is -1.39. The van der Waals surface area contributed by atoms with Crippen molar-refractivity contribution in [3.05, 3.63) is 35.4 Å². The zero-order valence-corrected chi connectivity index (χ0v) is 12.1. The predicted molar refractivity (Wildman–Crippen MR) is 75.4 cm³/mol. The highest BCUT2D eigenvalue weighted by Gasteiger charge is 2.10. The summed E-state index contributed by atoms with van der Waals surface area (Å²) in [6.07, 6.45) is 0. The predicted octanol–water partition coefficient (Wildman–Crippen LogP) is 2.63. The van der Waals surface area contributed by atoms with Gasteiger partial charge in [-0.15, -0.1) is 0 Å². The first kappa shape index (κ1) is 15.7. The van der Waals surface area contributed by atoms with Gasteiger partial charge in [0.1, 0.15) is 0 Å². The van der Waals surface area contributed by atoms with Gasteiger partial charge in [0.2, 0.25) is 0 Å². The van der Waals surface area contributed by atoms with Gasteiger partial charge in [-0.2, -0.15) is 0 Å². The van der Waals surface area contributed by atoms with Crippen LogP contribution in [0.2, 0.25) is 0 Å². The Morgan fingerprint density at radius 2 is 1.84 bits per heavy atom. The number of hydrogen-bond acceptors (Lipinski definition) is 3. The van der Waals surface area contributed by atoms with Crippen LogP contribution in [0.3, 0.4) is 0 Å². The molecule has 19 heavy (non-hydrogen) atoms. The smallest absolute Gasteiger partial charge is 0.335 e. The van der Waals surface area contributed by atoms with Crippen molar-refractivity contribution >= 4 is 5.97 Å². The lowest BCUT2D eigenvalue weighted by Gasteiger charge is -2.22. The highest BCUT2D eigenvalue weighted by molar-refractivity contribution is 5.87. The highest BCUT2D eigenvalue weighted by atomic mass is 16.5.